The van der Waals surface area contributed by atoms with E-state index in [2.05, 4.69) is 5.32 Å². The summed E-state index contributed by atoms with van der Waals surface area (Å²) < 4.78 is 34.1. The largest absolute Gasteiger partial charge is 0.397 e. The number of rotatable bonds is 17. The molecule has 276 valence electrons. The Morgan fingerprint density at radius 3 is 2.27 bits per heavy atom. The summed E-state index contributed by atoms with van der Waals surface area (Å²) in [4.78, 5) is 43.4. The van der Waals surface area contributed by atoms with Crippen molar-refractivity contribution in [3.63, 3.8) is 0 Å². The second-order valence-corrected chi connectivity index (χ2v) is 15.9. The second-order valence-electron chi connectivity index (χ2n) is 13.6. The summed E-state index contributed by atoms with van der Waals surface area (Å²) in [6, 6.07) is 18.0. The van der Waals surface area contributed by atoms with Crippen molar-refractivity contribution in [3.05, 3.63) is 94.5 Å². The summed E-state index contributed by atoms with van der Waals surface area (Å²) in [7, 11) is -2.56. The summed E-state index contributed by atoms with van der Waals surface area (Å²) in [5.41, 5.74) is 8.46. The summed E-state index contributed by atoms with van der Waals surface area (Å²) in [5, 5.41) is 14.9. The van der Waals surface area contributed by atoms with Crippen LogP contribution < -0.4 is 11.1 Å². The predicted molar refractivity (Wildman–Crippen MR) is 196 cm³/mol. The molecule has 1 aliphatic heterocycles. The number of aliphatic hydroxyl groups excluding tert-OH is 1. The molecule has 0 aliphatic carbocycles. The lowest BCUT2D eigenvalue weighted by atomic mass is 9.97. The van der Waals surface area contributed by atoms with Gasteiger partial charge in [-0.25, -0.2) is 13.2 Å². The van der Waals surface area contributed by atoms with Crippen LogP contribution in [0.3, 0.4) is 0 Å². The SMILES string of the molecule is COCc1cccc(CN2C(=O)CN([C@H](C(=O)N[C@@H](Cc3ccccc3)[C@@H](O)CN(CC(C)C)S(=O)(=O)c3ccc(Cl)c(N)c3)C(C)C)C2=O)c1. The highest BCUT2D eigenvalue weighted by Crippen LogP contribution is 2.26. The number of methoxy groups -OCH3 is 1. The van der Waals surface area contributed by atoms with Crippen molar-refractivity contribution in [2.24, 2.45) is 11.8 Å². The minimum Gasteiger partial charge on any atom is -0.397 e. The average Bonchev–Trinajstić information content (AvgIpc) is 3.33. The number of hydrogen-bond donors (Lipinski definition) is 3. The Morgan fingerprint density at radius 2 is 1.65 bits per heavy atom. The zero-order valence-electron chi connectivity index (χ0n) is 29.7. The number of carbonyl (C=O) groups is 3. The highest BCUT2D eigenvalue weighted by molar-refractivity contribution is 7.89. The lowest BCUT2D eigenvalue weighted by Gasteiger charge is -2.34. The molecule has 4 amide bonds. The molecule has 3 aromatic rings. The fourth-order valence-electron chi connectivity index (χ4n) is 6.17. The molecule has 4 N–H and O–H groups in total. The monoisotopic (exact) mass is 741 g/mol. The van der Waals surface area contributed by atoms with E-state index in [-0.39, 0.29) is 54.1 Å². The van der Waals surface area contributed by atoms with Gasteiger partial charge in [0.05, 0.1) is 40.9 Å². The highest BCUT2D eigenvalue weighted by Gasteiger charge is 2.44. The van der Waals surface area contributed by atoms with Gasteiger partial charge in [0, 0.05) is 20.2 Å². The first-order chi connectivity index (χ1) is 24.1. The van der Waals surface area contributed by atoms with Gasteiger partial charge in [0.15, 0.2) is 0 Å². The summed E-state index contributed by atoms with van der Waals surface area (Å²) in [6.07, 6.45) is -1.20. The first-order valence-electron chi connectivity index (χ1n) is 16.9. The number of halogens is 1. The van der Waals surface area contributed by atoms with Gasteiger partial charge >= 0.3 is 6.03 Å². The third kappa shape index (κ3) is 10.1. The van der Waals surface area contributed by atoms with E-state index < -0.39 is 52.0 Å². The van der Waals surface area contributed by atoms with Crippen molar-refractivity contribution in [2.75, 3.05) is 32.5 Å². The molecule has 1 saturated heterocycles. The maximum absolute atomic E-state index is 14.1. The number of hydrogen-bond acceptors (Lipinski definition) is 8. The first kappa shape index (κ1) is 39.8. The predicted octanol–water partition coefficient (Wildman–Crippen LogP) is 4.29. The van der Waals surface area contributed by atoms with E-state index in [4.69, 9.17) is 22.1 Å². The molecule has 3 atom stereocenters. The van der Waals surface area contributed by atoms with E-state index in [0.717, 1.165) is 21.6 Å². The molecule has 0 saturated carbocycles. The van der Waals surface area contributed by atoms with Gasteiger partial charge in [-0.1, -0.05) is 93.9 Å². The number of sulfonamides is 1. The maximum Gasteiger partial charge on any atom is 0.328 e. The Balaban J connectivity index is 1.59. The fraction of sp³-hybridized carbons (Fsp3) is 0.432. The molecule has 1 aliphatic rings. The molecular weight excluding hydrogens is 694 g/mol. The van der Waals surface area contributed by atoms with Crippen LogP contribution in [0.2, 0.25) is 5.02 Å². The molecule has 0 unspecified atom stereocenters. The van der Waals surface area contributed by atoms with E-state index in [0.29, 0.717) is 6.61 Å². The van der Waals surface area contributed by atoms with Crippen LogP contribution >= 0.6 is 11.6 Å². The third-order valence-electron chi connectivity index (χ3n) is 8.62. The molecule has 14 heteroatoms. The summed E-state index contributed by atoms with van der Waals surface area (Å²) in [6.45, 7) is 7.12. The number of ether oxygens (including phenoxy) is 1. The molecule has 0 bridgehead atoms. The minimum absolute atomic E-state index is 0.0347. The fourth-order valence-corrected chi connectivity index (χ4v) is 7.94. The third-order valence-corrected chi connectivity index (χ3v) is 10.8. The number of nitrogens with two attached hydrogens (primary N) is 1. The molecular formula is C37H48ClN5O7S. The quantitative estimate of drug-likeness (QED) is 0.136. The molecule has 12 nitrogen and oxygen atoms in total. The van der Waals surface area contributed by atoms with Crippen LogP contribution in [0.15, 0.2) is 77.7 Å². The second kappa shape index (κ2) is 17.5. The standard InChI is InChI=1S/C37H48ClN5O7S/c1-24(2)19-41(51(48,49)29-14-15-30(38)31(39)18-29)21-33(44)32(17-26-10-7-6-8-11-26)40-36(46)35(25(3)4)43-22-34(45)42(37(43)47)20-27-12-9-13-28(16-27)23-50-5/h6-16,18,24-25,32-33,35,44H,17,19-23,39H2,1-5H3,(H,40,46)/t32-,33-,35-/m0/s1. The minimum atomic E-state index is -4.14. The Bertz CT molecular complexity index is 1790. The van der Waals surface area contributed by atoms with Crippen molar-refractivity contribution in [2.45, 2.75) is 70.4 Å². The normalized spacial score (nSPS) is 15.6. The van der Waals surface area contributed by atoms with Crippen molar-refractivity contribution >= 4 is 45.2 Å². The van der Waals surface area contributed by atoms with Gasteiger partial charge in [0.2, 0.25) is 15.9 Å². The van der Waals surface area contributed by atoms with Gasteiger partial charge in [-0.2, -0.15) is 4.31 Å². The molecule has 0 radical (unpaired) electrons. The number of anilines is 1. The van der Waals surface area contributed by atoms with E-state index in [9.17, 15) is 27.9 Å². The molecule has 1 fully saturated rings. The average molecular weight is 742 g/mol. The van der Waals surface area contributed by atoms with Crippen LogP contribution in [0.1, 0.15) is 44.4 Å². The van der Waals surface area contributed by atoms with Gasteiger partial charge in [0.1, 0.15) is 12.6 Å². The number of imide groups is 1. The number of urea groups is 1. The van der Waals surface area contributed by atoms with E-state index >= 15 is 0 Å². The van der Waals surface area contributed by atoms with Crippen LogP contribution in [0.4, 0.5) is 10.5 Å². The van der Waals surface area contributed by atoms with Crippen molar-refractivity contribution in [1.82, 2.24) is 19.4 Å². The van der Waals surface area contributed by atoms with Crippen molar-refractivity contribution in [1.29, 1.82) is 0 Å². The van der Waals surface area contributed by atoms with Gasteiger partial charge in [0.25, 0.3) is 5.91 Å². The Morgan fingerprint density at radius 1 is 0.980 bits per heavy atom. The lowest BCUT2D eigenvalue weighted by Crippen LogP contribution is -2.57. The highest BCUT2D eigenvalue weighted by atomic mass is 35.5. The number of nitrogen functional groups attached to an aromatic ring is 1. The zero-order valence-corrected chi connectivity index (χ0v) is 31.2. The van der Waals surface area contributed by atoms with Crippen LogP contribution in [0, 0.1) is 11.8 Å². The number of amides is 4. The number of benzene rings is 3. The summed E-state index contributed by atoms with van der Waals surface area (Å²) in [5.74, 6) is -1.52. The number of nitrogens with one attached hydrogen (secondary N) is 1. The molecule has 51 heavy (non-hydrogen) atoms. The van der Waals surface area contributed by atoms with Gasteiger partial charge < -0.3 is 25.8 Å². The van der Waals surface area contributed by atoms with Crippen molar-refractivity contribution in [3.8, 4) is 0 Å². The number of aliphatic hydroxyl groups is 1. The molecule has 1 heterocycles. The van der Waals surface area contributed by atoms with E-state index in [1.807, 2.05) is 68.4 Å². The molecule has 4 rings (SSSR count). The number of nitrogens with zero attached hydrogens (tertiary/aromatic N) is 3. The van der Waals surface area contributed by atoms with Gasteiger partial charge in [-0.05, 0) is 53.1 Å². The van der Waals surface area contributed by atoms with Gasteiger partial charge in [-0.15, -0.1) is 0 Å². The molecule has 0 spiro atoms. The summed E-state index contributed by atoms with van der Waals surface area (Å²) >= 11 is 6.05. The lowest BCUT2D eigenvalue weighted by molar-refractivity contribution is -0.129. The number of carbonyl (C=O) groups excluding carboxylic acids is 3. The van der Waals surface area contributed by atoms with Gasteiger partial charge in [-0.3, -0.25) is 14.5 Å². The Hall–Kier alpha value is -4.01. The first-order valence-corrected chi connectivity index (χ1v) is 18.7. The Labute approximate surface area is 305 Å². The van der Waals surface area contributed by atoms with Crippen LogP contribution in [-0.2, 0) is 43.9 Å². The van der Waals surface area contributed by atoms with Crippen LogP contribution in [0.5, 0.6) is 0 Å². The Kier molecular flexibility index (Phi) is 13.6. The van der Waals surface area contributed by atoms with Crippen LogP contribution in [-0.4, -0.2) is 90.4 Å². The maximum atomic E-state index is 14.1. The van der Waals surface area contributed by atoms with E-state index in [1.165, 1.54) is 27.4 Å². The smallest absolute Gasteiger partial charge is 0.328 e. The molecule has 0 aromatic heterocycles. The topological polar surface area (TPSA) is 163 Å². The zero-order chi connectivity index (χ0) is 37.5. The van der Waals surface area contributed by atoms with Crippen molar-refractivity contribution < 1.29 is 32.6 Å². The molecule has 3 aromatic carbocycles. The van der Waals surface area contributed by atoms with Crippen LogP contribution in [0.25, 0.3) is 0 Å². The van der Waals surface area contributed by atoms with E-state index in [1.54, 1.807) is 21.0 Å².